The van der Waals surface area contributed by atoms with Crippen molar-refractivity contribution in [2.75, 3.05) is 13.6 Å². The summed E-state index contributed by atoms with van der Waals surface area (Å²) in [6, 6.07) is 7.43. The van der Waals surface area contributed by atoms with E-state index in [-0.39, 0.29) is 0 Å². The number of aliphatic hydroxyl groups excluding tert-OH is 1. The molecule has 1 aromatic heterocycles. The number of aromatic nitrogens is 2. The van der Waals surface area contributed by atoms with Gasteiger partial charge in [-0.3, -0.25) is 4.90 Å². The highest BCUT2D eigenvalue weighted by Gasteiger charge is 2.12. The molecule has 108 valence electrons. The molecule has 1 heterocycles. The van der Waals surface area contributed by atoms with Crippen LogP contribution in [0.4, 0.5) is 0 Å². The van der Waals surface area contributed by atoms with Gasteiger partial charge in [0.05, 0.1) is 12.6 Å². The van der Waals surface area contributed by atoms with Gasteiger partial charge in [-0.2, -0.15) is 0 Å². The Morgan fingerprint density at radius 2 is 2.15 bits per heavy atom. The average Bonchev–Trinajstić information content (AvgIpc) is 2.82. The molecule has 20 heavy (non-hydrogen) atoms. The summed E-state index contributed by atoms with van der Waals surface area (Å²) in [5.41, 5.74) is 0.791. The van der Waals surface area contributed by atoms with E-state index in [0.717, 1.165) is 24.5 Å². The van der Waals surface area contributed by atoms with Gasteiger partial charge in [0.25, 0.3) is 0 Å². The fourth-order valence-corrected chi connectivity index (χ4v) is 2.37. The van der Waals surface area contributed by atoms with Gasteiger partial charge in [0, 0.05) is 31.0 Å². The summed E-state index contributed by atoms with van der Waals surface area (Å²) in [5, 5.41) is 10.8. The van der Waals surface area contributed by atoms with Gasteiger partial charge in [-0.15, -0.1) is 0 Å². The van der Waals surface area contributed by atoms with Crippen molar-refractivity contribution < 1.29 is 5.11 Å². The van der Waals surface area contributed by atoms with Crippen molar-refractivity contribution in [3.05, 3.63) is 53.1 Å². The van der Waals surface area contributed by atoms with Crippen LogP contribution in [0.15, 0.2) is 36.7 Å². The summed E-state index contributed by atoms with van der Waals surface area (Å²) in [6.45, 7) is 1.54. The van der Waals surface area contributed by atoms with Crippen LogP contribution in [0.3, 0.4) is 0 Å². The number of aliphatic hydroxyl groups is 1. The molecule has 0 fully saturated rings. The van der Waals surface area contributed by atoms with Crippen LogP contribution in [0.2, 0.25) is 5.02 Å². The number of rotatable bonds is 6. The number of hydrogen-bond donors (Lipinski definition) is 1. The molecule has 2 rings (SSSR count). The van der Waals surface area contributed by atoms with Crippen molar-refractivity contribution in [3.63, 3.8) is 0 Å². The van der Waals surface area contributed by atoms with Gasteiger partial charge in [-0.25, -0.2) is 4.98 Å². The van der Waals surface area contributed by atoms with Crippen molar-refractivity contribution in [2.24, 2.45) is 7.05 Å². The second kappa shape index (κ2) is 6.88. The first kappa shape index (κ1) is 15.0. The molecule has 0 aliphatic rings. The molecule has 1 aromatic carbocycles. The van der Waals surface area contributed by atoms with Crippen LogP contribution in [0.25, 0.3) is 0 Å². The topological polar surface area (TPSA) is 41.3 Å². The van der Waals surface area contributed by atoms with Crippen LogP contribution >= 0.6 is 11.6 Å². The number of halogens is 1. The Kier molecular flexibility index (Phi) is 5.17. The largest absolute Gasteiger partial charge is 0.388 e. The van der Waals surface area contributed by atoms with E-state index < -0.39 is 6.10 Å². The maximum atomic E-state index is 10.2. The van der Waals surface area contributed by atoms with E-state index in [0.29, 0.717) is 11.4 Å². The van der Waals surface area contributed by atoms with Crippen molar-refractivity contribution in [1.29, 1.82) is 0 Å². The van der Waals surface area contributed by atoms with Crippen LogP contribution in [-0.4, -0.2) is 33.1 Å². The molecule has 0 amide bonds. The van der Waals surface area contributed by atoms with Crippen molar-refractivity contribution >= 4 is 11.6 Å². The minimum atomic E-state index is -0.535. The zero-order chi connectivity index (χ0) is 14.5. The van der Waals surface area contributed by atoms with Gasteiger partial charge in [0.1, 0.15) is 5.82 Å². The highest BCUT2D eigenvalue weighted by atomic mass is 35.5. The van der Waals surface area contributed by atoms with Gasteiger partial charge in [0.2, 0.25) is 0 Å². The normalized spacial score (nSPS) is 12.8. The smallest absolute Gasteiger partial charge is 0.122 e. The predicted octanol–water partition coefficient (Wildman–Crippen LogP) is 2.63. The standard InChI is InChI=1S/C15H20ClN3O/c1-18(11-15-17-8-10-19(15)2)9-7-14(20)12-5-3-4-6-13(12)16/h3-6,8,10,14,20H,7,9,11H2,1-2H3. The summed E-state index contributed by atoms with van der Waals surface area (Å²) in [5.74, 6) is 1.01. The molecule has 2 aromatic rings. The lowest BCUT2D eigenvalue weighted by molar-refractivity contribution is 0.147. The summed E-state index contributed by atoms with van der Waals surface area (Å²) < 4.78 is 2.00. The third-order valence-corrected chi connectivity index (χ3v) is 3.72. The molecule has 0 aliphatic carbocycles. The molecule has 0 aliphatic heterocycles. The van der Waals surface area contributed by atoms with Gasteiger partial charge >= 0.3 is 0 Å². The Labute approximate surface area is 124 Å². The summed E-state index contributed by atoms with van der Waals surface area (Å²) in [7, 11) is 4.00. The fourth-order valence-electron chi connectivity index (χ4n) is 2.11. The van der Waals surface area contributed by atoms with Crippen LogP contribution in [0, 0.1) is 0 Å². The maximum absolute atomic E-state index is 10.2. The van der Waals surface area contributed by atoms with E-state index in [9.17, 15) is 5.11 Å². The first-order valence-corrected chi connectivity index (χ1v) is 7.03. The Bertz CT molecular complexity index is 556. The molecule has 0 saturated heterocycles. The zero-order valence-electron chi connectivity index (χ0n) is 11.8. The van der Waals surface area contributed by atoms with Crippen molar-refractivity contribution in [1.82, 2.24) is 14.5 Å². The van der Waals surface area contributed by atoms with Crippen LogP contribution in [0.5, 0.6) is 0 Å². The molecule has 4 nitrogen and oxygen atoms in total. The van der Waals surface area contributed by atoms with Gasteiger partial charge in [0.15, 0.2) is 0 Å². The SMILES string of the molecule is CN(CCC(O)c1ccccc1Cl)Cc1nccn1C. The molecule has 1 N–H and O–H groups in total. The number of hydrogen-bond acceptors (Lipinski definition) is 3. The molecule has 1 unspecified atom stereocenters. The Balaban J connectivity index is 1.86. The lowest BCUT2D eigenvalue weighted by Crippen LogP contribution is -2.22. The number of nitrogens with zero attached hydrogens (tertiary/aromatic N) is 3. The lowest BCUT2D eigenvalue weighted by atomic mass is 10.1. The minimum absolute atomic E-state index is 0.535. The third kappa shape index (κ3) is 3.82. The Hall–Kier alpha value is -1.36. The summed E-state index contributed by atoms with van der Waals surface area (Å²) >= 11 is 6.08. The van der Waals surface area contributed by atoms with E-state index in [1.807, 2.05) is 43.1 Å². The van der Waals surface area contributed by atoms with Crippen LogP contribution in [-0.2, 0) is 13.6 Å². The van der Waals surface area contributed by atoms with Crippen molar-refractivity contribution in [2.45, 2.75) is 19.1 Å². The van der Waals surface area contributed by atoms with E-state index in [4.69, 9.17) is 11.6 Å². The van der Waals surface area contributed by atoms with E-state index in [2.05, 4.69) is 9.88 Å². The first-order valence-electron chi connectivity index (χ1n) is 6.65. The third-order valence-electron chi connectivity index (χ3n) is 3.38. The highest BCUT2D eigenvalue weighted by Crippen LogP contribution is 2.24. The molecule has 0 radical (unpaired) electrons. The number of benzene rings is 1. The Morgan fingerprint density at radius 3 is 2.80 bits per heavy atom. The first-order chi connectivity index (χ1) is 9.58. The molecular weight excluding hydrogens is 274 g/mol. The average molecular weight is 294 g/mol. The number of imidazole rings is 1. The molecule has 0 saturated carbocycles. The van der Waals surface area contributed by atoms with E-state index in [1.165, 1.54) is 0 Å². The Morgan fingerprint density at radius 1 is 1.40 bits per heavy atom. The zero-order valence-corrected chi connectivity index (χ0v) is 12.6. The fraction of sp³-hybridized carbons (Fsp3) is 0.400. The van der Waals surface area contributed by atoms with Gasteiger partial charge in [-0.1, -0.05) is 29.8 Å². The molecule has 0 spiro atoms. The summed E-state index contributed by atoms with van der Waals surface area (Å²) in [4.78, 5) is 6.43. The summed E-state index contributed by atoms with van der Waals surface area (Å²) in [6.07, 6.45) is 3.83. The van der Waals surface area contributed by atoms with E-state index >= 15 is 0 Å². The molecule has 0 bridgehead atoms. The van der Waals surface area contributed by atoms with Crippen molar-refractivity contribution in [3.8, 4) is 0 Å². The van der Waals surface area contributed by atoms with E-state index in [1.54, 1.807) is 12.3 Å². The van der Waals surface area contributed by atoms with Gasteiger partial charge in [-0.05, 0) is 25.1 Å². The monoisotopic (exact) mass is 293 g/mol. The van der Waals surface area contributed by atoms with Gasteiger partial charge < -0.3 is 9.67 Å². The minimum Gasteiger partial charge on any atom is -0.388 e. The second-order valence-corrected chi connectivity index (χ2v) is 5.43. The molecule has 5 heteroatoms. The molecule has 1 atom stereocenters. The second-order valence-electron chi connectivity index (χ2n) is 5.02. The van der Waals surface area contributed by atoms with Crippen LogP contribution in [0.1, 0.15) is 23.9 Å². The molecular formula is C15H20ClN3O. The maximum Gasteiger partial charge on any atom is 0.122 e. The highest BCUT2D eigenvalue weighted by molar-refractivity contribution is 6.31. The quantitative estimate of drug-likeness (QED) is 0.890. The lowest BCUT2D eigenvalue weighted by Gasteiger charge is -2.19. The number of aryl methyl sites for hydroxylation is 1. The predicted molar refractivity (Wildman–Crippen MR) is 80.6 cm³/mol. The van der Waals surface area contributed by atoms with Crippen LogP contribution < -0.4 is 0 Å².